The molecule has 126 valence electrons. The highest BCUT2D eigenvalue weighted by molar-refractivity contribution is 7.91. The van der Waals surface area contributed by atoms with Gasteiger partial charge >= 0.3 is 6.09 Å². The molecule has 7 nitrogen and oxygen atoms in total. The van der Waals surface area contributed by atoms with Gasteiger partial charge in [0.15, 0.2) is 9.84 Å². The molecule has 0 N–H and O–H groups in total. The fraction of sp³-hybridized carbons (Fsp3) is 0.846. The number of rotatable bonds is 1. The Morgan fingerprint density at radius 2 is 1.64 bits per heavy atom. The Hall–Kier alpha value is -1.02. The second-order valence-electron chi connectivity index (χ2n) is 6.61. The molecule has 9 heteroatoms. The van der Waals surface area contributed by atoms with E-state index < -0.39 is 33.6 Å². The Labute approximate surface area is 135 Å². The maximum atomic E-state index is 12.3. The summed E-state index contributed by atoms with van der Waals surface area (Å²) in [6, 6.07) is -1.11. The van der Waals surface area contributed by atoms with E-state index in [2.05, 4.69) is 0 Å². The van der Waals surface area contributed by atoms with E-state index in [0.29, 0.717) is 0 Å². The van der Waals surface area contributed by atoms with E-state index in [9.17, 15) is 18.0 Å². The number of carbonyl (C=O) groups is 2. The van der Waals surface area contributed by atoms with Crippen molar-refractivity contribution < 1.29 is 22.7 Å². The molecule has 22 heavy (non-hydrogen) atoms. The van der Waals surface area contributed by atoms with Crippen LogP contribution in [0.1, 0.15) is 20.8 Å². The van der Waals surface area contributed by atoms with Gasteiger partial charge in [0.2, 0.25) is 5.91 Å². The van der Waals surface area contributed by atoms with E-state index in [4.69, 9.17) is 16.3 Å². The van der Waals surface area contributed by atoms with Gasteiger partial charge < -0.3 is 14.5 Å². The van der Waals surface area contributed by atoms with Crippen molar-refractivity contribution in [2.24, 2.45) is 0 Å². The average Bonchev–Trinajstić information content (AvgIpc) is 2.69. The molecule has 2 unspecified atom stereocenters. The molecule has 0 aromatic heterocycles. The quantitative estimate of drug-likeness (QED) is 0.640. The highest BCUT2D eigenvalue weighted by Gasteiger charge is 2.50. The standard InChI is InChI=1S/C13H21ClN2O5S/c1-13(2,3)21-12(18)16-5-4-15(11(17)6-14)9-7-22(19,20)8-10(9)16/h9-10H,4-8H2,1-3H3. The number of alkyl halides is 1. The fourth-order valence-corrected chi connectivity index (χ4v) is 5.02. The zero-order valence-electron chi connectivity index (χ0n) is 12.9. The molecule has 0 aromatic rings. The van der Waals surface area contributed by atoms with Crippen molar-refractivity contribution in [3.8, 4) is 0 Å². The summed E-state index contributed by atoms with van der Waals surface area (Å²) in [7, 11) is -3.30. The summed E-state index contributed by atoms with van der Waals surface area (Å²) >= 11 is 5.59. The molecule has 0 aliphatic carbocycles. The number of hydrogen-bond acceptors (Lipinski definition) is 5. The number of fused-ring (bicyclic) bond motifs is 1. The van der Waals surface area contributed by atoms with Crippen LogP contribution in [0.4, 0.5) is 4.79 Å². The van der Waals surface area contributed by atoms with E-state index in [1.807, 2.05) is 0 Å². The number of halogens is 1. The summed E-state index contributed by atoms with van der Waals surface area (Å²) in [5.41, 5.74) is -0.660. The molecule has 2 rings (SSSR count). The topological polar surface area (TPSA) is 84.0 Å². The van der Waals surface area contributed by atoms with Gasteiger partial charge in [-0.05, 0) is 20.8 Å². The highest BCUT2D eigenvalue weighted by atomic mass is 35.5. The van der Waals surface area contributed by atoms with E-state index in [-0.39, 0.29) is 36.4 Å². The summed E-state index contributed by atoms with van der Waals surface area (Å²) in [4.78, 5) is 27.1. The van der Waals surface area contributed by atoms with Crippen LogP contribution in [0.25, 0.3) is 0 Å². The molecular formula is C13H21ClN2O5S. The molecule has 0 bridgehead atoms. The number of nitrogens with zero attached hydrogens (tertiary/aromatic N) is 2. The van der Waals surface area contributed by atoms with E-state index in [1.54, 1.807) is 20.8 Å². The third kappa shape index (κ3) is 3.65. The first-order chi connectivity index (χ1) is 10.0. The van der Waals surface area contributed by atoms with E-state index in [0.717, 1.165) is 0 Å². The van der Waals surface area contributed by atoms with Crippen LogP contribution in [-0.4, -0.2) is 78.4 Å². The first-order valence-corrected chi connectivity index (χ1v) is 9.45. The van der Waals surface area contributed by atoms with Gasteiger partial charge in [0.25, 0.3) is 0 Å². The lowest BCUT2D eigenvalue weighted by Gasteiger charge is -2.43. The number of carbonyl (C=O) groups excluding carboxylic acids is 2. The monoisotopic (exact) mass is 352 g/mol. The molecule has 0 aromatic carbocycles. The third-order valence-electron chi connectivity index (χ3n) is 3.74. The van der Waals surface area contributed by atoms with Crippen LogP contribution >= 0.6 is 11.6 Å². The molecule has 2 aliphatic heterocycles. The maximum absolute atomic E-state index is 12.3. The van der Waals surface area contributed by atoms with Gasteiger partial charge in [0.05, 0.1) is 23.6 Å². The molecule has 0 radical (unpaired) electrons. The molecule has 2 aliphatic rings. The predicted octanol–water partition coefficient (Wildman–Crippen LogP) is 0.470. The molecule has 2 atom stereocenters. The minimum atomic E-state index is -3.30. The second kappa shape index (κ2) is 5.88. The molecular weight excluding hydrogens is 332 g/mol. The highest BCUT2D eigenvalue weighted by Crippen LogP contribution is 2.28. The van der Waals surface area contributed by atoms with Crippen molar-refractivity contribution in [1.82, 2.24) is 9.80 Å². The Bertz CT molecular complexity index is 571. The van der Waals surface area contributed by atoms with Crippen LogP contribution in [0.2, 0.25) is 0 Å². The lowest BCUT2D eigenvalue weighted by atomic mass is 10.1. The Morgan fingerprint density at radius 1 is 1.14 bits per heavy atom. The van der Waals surface area contributed by atoms with Crippen LogP contribution in [0.5, 0.6) is 0 Å². The Morgan fingerprint density at radius 3 is 2.14 bits per heavy atom. The number of sulfone groups is 1. The van der Waals surface area contributed by atoms with Crippen LogP contribution in [0.3, 0.4) is 0 Å². The van der Waals surface area contributed by atoms with Crippen LogP contribution in [0.15, 0.2) is 0 Å². The van der Waals surface area contributed by atoms with Crippen LogP contribution < -0.4 is 0 Å². The Kier molecular flexibility index (Phi) is 4.64. The summed E-state index contributed by atoms with van der Waals surface area (Å²) < 4.78 is 29.3. The SMILES string of the molecule is CC(C)(C)OC(=O)N1CCN(C(=O)CCl)C2CS(=O)(=O)CC21. The minimum absolute atomic E-state index is 0.139. The van der Waals surface area contributed by atoms with Gasteiger partial charge in [0, 0.05) is 13.1 Å². The number of ether oxygens (including phenoxy) is 1. The van der Waals surface area contributed by atoms with Crippen molar-refractivity contribution in [3.05, 3.63) is 0 Å². The van der Waals surface area contributed by atoms with E-state index in [1.165, 1.54) is 9.80 Å². The van der Waals surface area contributed by atoms with Gasteiger partial charge in [-0.15, -0.1) is 11.6 Å². The second-order valence-corrected chi connectivity index (χ2v) is 9.03. The number of piperazine rings is 1. The first kappa shape index (κ1) is 17.3. The normalized spacial score (nSPS) is 27.5. The molecule has 2 saturated heterocycles. The first-order valence-electron chi connectivity index (χ1n) is 7.09. The number of amides is 2. The summed E-state index contributed by atoms with van der Waals surface area (Å²) in [5.74, 6) is -0.796. The van der Waals surface area contributed by atoms with Gasteiger partial charge in [0.1, 0.15) is 11.5 Å². The molecule has 0 spiro atoms. The average molecular weight is 353 g/mol. The molecule has 2 heterocycles. The summed E-state index contributed by atoms with van der Waals surface area (Å²) in [6.45, 7) is 5.76. The minimum Gasteiger partial charge on any atom is -0.444 e. The maximum Gasteiger partial charge on any atom is 0.410 e. The largest absolute Gasteiger partial charge is 0.444 e. The molecule has 0 saturated carbocycles. The molecule has 2 amide bonds. The van der Waals surface area contributed by atoms with Crippen molar-refractivity contribution in [1.29, 1.82) is 0 Å². The van der Waals surface area contributed by atoms with Gasteiger partial charge in [-0.1, -0.05) is 0 Å². The lowest BCUT2D eigenvalue weighted by molar-refractivity contribution is -0.134. The van der Waals surface area contributed by atoms with Crippen molar-refractivity contribution >= 4 is 33.4 Å². The van der Waals surface area contributed by atoms with Crippen molar-refractivity contribution in [2.45, 2.75) is 38.5 Å². The van der Waals surface area contributed by atoms with Gasteiger partial charge in [-0.3, -0.25) is 4.79 Å². The summed E-state index contributed by atoms with van der Waals surface area (Å²) in [6.07, 6.45) is -0.544. The van der Waals surface area contributed by atoms with Crippen LogP contribution in [-0.2, 0) is 19.4 Å². The third-order valence-corrected chi connectivity index (χ3v) is 5.67. The zero-order valence-corrected chi connectivity index (χ0v) is 14.5. The van der Waals surface area contributed by atoms with E-state index >= 15 is 0 Å². The molecule has 2 fully saturated rings. The lowest BCUT2D eigenvalue weighted by Crippen LogP contribution is -2.62. The Balaban J connectivity index is 2.23. The predicted molar refractivity (Wildman–Crippen MR) is 81.6 cm³/mol. The van der Waals surface area contributed by atoms with Crippen LogP contribution in [0, 0.1) is 0 Å². The zero-order chi connectivity index (χ0) is 16.7. The fourth-order valence-electron chi connectivity index (χ4n) is 2.89. The van der Waals surface area contributed by atoms with Crippen molar-refractivity contribution in [3.63, 3.8) is 0 Å². The van der Waals surface area contributed by atoms with Gasteiger partial charge in [-0.25, -0.2) is 13.2 Å². The smallest absolute Gasteiger partial charge is 0.410 e. The van der Waals surface area contributed by atoms with Gasteiger partial charge in [-0.2, -0.15) is 0 Å². The number of hydrogen-bond donors (Lipinski definition) is 0. The van der Waals surface area contributed by atoms with Crippen molar-refractivity contribution in [2.75, 3.05) is 30.5 Å². The summed E-state index contributed by atoms with van der Waals surface area (Å²) in [5, 5.41) is 0.